The van der Waals surface area contributed by atoms with E-state index in [0.717, 1.165) is 25.8 Å². The third-order valence-electron chi connectivity index (χ3n) is 4.07. The molecule has 0 aromatic heterocycles. The van der Waals surface area contributed by atoms with Crippen LogP contribution in [0.4, 0.5) is 0 Å². The zero-order valence-corrected chi connectivity index (χ0v) is 12.5. The fraction of sp³-hybridized carbons (Fsp3) is 0.929. The minimum Gasteiger partial charge on any atom is -0.466 e. The van der Waals surface area contributed by atoms with E-state index >= 15 is 0 Å². The van der Waals surface area contributed by atoms with Crippen LogP contribution >= 0.6 is 0 Å². The van der Waals surface area contributed by atoms with Crippen LogP contribution in [0.15, 0.2) is 0 Å². The minimum atomic E-state index is -0.220. The van der Waals surface area contributed by atoms with Crippen molar-refractivity contribution in [1.82, 2.24) is 5.06 Å². The van der Waals surface area contributed by atoms with Gasteiger partial charge in [-0.05, 0) is 26.2 Å². The van der Waals surface area contributed by atoms with Crippen LogP contribution in [-0.4, -0.2) is 56.3 Å². The van der Waals surface area contributed by atoms with Gasteiger partial charge in [-0.2, -0.15) is 5.06 Å². The summed E-state index contributed by atoms with van der Waals surface area (Å²) in [6, 6.07) is 0.344. The molecule has 2 fully saturated rings. The fourth-order valence-electron chi connectivity index (χ4n) is 3.28. The number of hydrogen-bond acceptors (Lipinski definition) is 6. The quantitative estimate of drug-likeness (QED) is 0.400. The summed E-state index contributed by atoms with van der Waals surface area (Å²) in [7, 11) is 1.64. The molecule has 6 heteroatoms. The Hall–Kier alpha value is -0.690. The lowest BCUT2D eigenvalue weighted by Gasteiger charge is -2.36. The summed E-state index contributed by atoms with van der Waals surface area (Å²) in [6.07, 6.45) is 3.12. The molecule has 2 bridgehead atoms. The normalized spacial score (nSPS) is 36.0. The van der Waals surface area contributed by atoms with Crippen molar-refractivity contribution in [3.05, 3.63) is 0 Å². The number of carbonyl (C=O) groups is 1. The van der Waals surface area contributed by atoms with Gasteiger partial charge < -0.3 is 14.2 Å². The van der Waals surface area contributed by atoms with Gasteiger partial charge in [-0.3, -0.25) is 9.63 Å². The average molecular weight is 287 g/mol. The maximum Gasteiger partial charge on any atom is 0.302 e. The van der Waals surface area contributed by atoms with Crippen LogP contribution in [0.1, 0.15) is 33.1 Å². The highest BCUT2D eigenvalue weighted by Crippen LogP contribution is 2.39. The number of fused-ring (bicyclic) bond motifs is 2. The van der Waals surface area contributed by atoms with E-state index < -0.39 is 0 Å². The lowest BCUT2D eigenvalue weighted by atomic mass is 9.83. The van der Waals surface area contributed by atoms with E-state index in [-0.39, 0.29) is 18.2 Å². The van der Waals surface area contributed by atoms with E-state index in [0.29, 0.717) is 25.4 Å². The van der Waals surface area contributed by atoms with Gasteiger partial charge in [-0.1, -0.05) is 0 Å². The van der Waals surface area contributed by atoms with Gasteiger partial charge in [0.15, 0.2) is 0 Å². The summed E-state index contributed by atoms with van der Waals surface area (Å²) >= 11 is 0. The smallest absolute Gasteiger partial charge is 0.302 e. The number of rotatable bonds is 7. The molecule has 2 saturated heterocycles. The van der Waals surface area contributed by atoms with Crippen molar-refractivity contribution in [3.63, 3.8) is 0 Å². The molecule has 1 unspecified atom stereocenters. The molecule has 5 atom stereocenters. The van der Waals surface area contributed by atoms with Crippen molar-refractivity contribution < 1.29 is 23.8 Å². The molecular weight excluding hydrogens is 262 g/mol. The average Bonchev–Trinajstić information content (AvgIpc) is 2.62. The zero-order valence-electron chi connectivity index (χ0n) is 12.5. The van der Waals surface area contributed by atoms with Gasteiger partial charge in [0.05, 0.1) is 18.8 Å². The molecule has 2 heterocycles. The summed E-state index contributed by atoms with van der Waals surface area (Å²) in [5.74, 6) is 0.138. The van der Waals surface area contributed by atoms with E-state index in [1.54, 1.807) is 7.11 Å². The highest BCUT2D eigenvalue weighted by Gasteiger charge is 2.48. The molecule has 0 N–H and O–H groups in total. The maximum absolute atomic E-state index is 10.8. The third kappa shape index (κ3) is 3.69. The molecule has 0 aromatic rings. The largest absolute Gasteiger partial charge is 0.466 e. The van der Waals surface area contributed by atoms with Crippen molar-refractivity contribution in [1.29, 1.82) is 0 Å². The summed E-state index contributed by atoms with van der Waals surface area (Å²) in [4.78, 5) is 16.7. The van der Waals surface area contributed by atoms with Crippen LogP contribution in [-0.2, 0) is 23.8 Å². The van der Waals surface area contributed by atoms with E-state index in [1.807, 2.05) is 0 Å². The Labute approximate surface area is 120 Å². The van der Waals surface area contributed by atoms with Gasteiger partial charge in [0.2, 0.25) is 0 Å². The lowest BCUT2D eigenvalue weighted by Crippen LogP contribution is -2.46. The van der Waals surface area contributed by atoms with E-state index in [4.69, 9.17) is 19.0 Å². The van der Waals surface area contributed by atoms with Crippen molar-refractivity contribution in [2.45, 2.75) is 51.4 Å². The summed E-state index contributed by atoms with van der Waals surface area (Å²) < 4.78 is 15.8. The van der Waals surface area contributed by atoms with Gasteiger partial charge in [0.25, 0.3) is 0 Å². The Morgan fingerprint density at radius 1 is 1.45 bits per heavy atom. The number of hydrogen-bond donors (Lipinski definition) is 0. The Balaban J connectivity index is 1.85. The molecule has 6 nitrogen and oxygen atoms in total. The second kappa shape index (κ2) is 7.36. The Kier molecular flexibility index (Phi) is 5.77. The maximum atomic E-state index is 10.8. The number of methoxy groups -OCH3 is 1. The summed E-state index contributed by atoms with van der Waals surface area (Å²) in [6.45, 7) is 5.22. The third-order valence-corrected chi connectivity index (χ3v) is 4.07. The van der Waals surface area contributed by atoms with E-state index in [9.17, 15) is 4.79 Å². The first-order valence-electron chi connectivity index (χ1n) is 7.30. The Morgan fingerprint density at radius 3 is 2.95 bits per heavy atom. The second-order valence-corrected chi connectivity index (χ2v) is 5.48. The van der Waals surface area contributed by atoms with Crippen molar-refractivity contribution in [2.75, 3.05) is 27.1 Å². The van der Waals surface area contributed by atoms with Crippen LogP contribution < -0.4 is 0 Å². The highest BCUT2D eigenvalue weighted by atomic mass is 16.7. The number of hydroxylamine groups is 2. The van der Waals surface area contributed by atoms with Gasteiger partial charge in [-0.25, -0.2) is 0 Å². The van der Waals surface area contributed by atoms with Crippen molar-refractivity contribution in [3.8, 4) is 0 Å². The van der Waals surface area contributed by atoms with Gasteiger partial charge >= 0.3 is 5.97 Å². The van der Waals surface area contributed by atoms with Crippen LogP contribution in [0.25, 0.3) is 0 Å². The standard InChI is InChI=1S/C14H25NO5/c1-10-14-12(5-4-8-18-11(2)16)15(20-10)7-6-13(14)19-9-17-3/h10,12-14H,4-9H2,1-3H3/t10-,12+,13-,14-/m1/s1. The summed E-state index contributed by atoms with van der Waals surface area (Å²) in [5.41, 5.74) is 0. The summed E-state index contributed by atoms with van der Waals surface area (Å²) in [5, 5.41) is 2.08. The number of esters is 1. The molecule has 2 aliphatic rings. The fourth-order valence-corrected chi connectivity index (χ4v) is 3.28. The molecule has 0 aliphatic carbocycles. The molecular formula is C14H25NO5. The van der Waals surface area contributed by atoms with Crippen LogP contribution in [0, 0.1) is 5.92 Å². The molecule has 116 valence electrons. The van der Waals surface area contributed by atoms with Gasteiger partial charge in [-0.15, -0.1) is 0 Å². The predicted molar refractivity (Wildman–Crippen MR) is 71.8 cm³/mol. The second-order valence-electron chi connectivity index (χ2n) is 5.48. The molecule has 0 amide bonds. The van der Waals surface area contributed by atoms with Crippen LogP contribution in [0.2, 0.25) is 0 Å². The molecule has 0 aromatic carbocycles. The minimum absolute atomic E-state index is 0.165. The lowest BCUT2D eigenvalue weighted by molar-refractivity contribution is -0.166. The molecule has 20 heavy (non-hydrogen) atoms. The Morgan fingerprint density at radius 2 is 2.25 bits per heavy atom. The van der Waals surface area contributed by atoms with Crippen LogP contribution in [0.5, 0.6) is 0 Å². The van der Waals surface area contributed by atoms with Crippen molar-refractivity contribution in [2.24, 2.45) is 5.92 Å². The van der Waals surface area contributed by atoms with E-state index in [1.165, 1.54) is 6.92 Å². The predicted octanol–water partition coefficient (Wildman–Crippen LogP) is 1.34. The zero-order chi connectivity index (χ0) is 14.5. The van der Waals surface area contributed by atoms with Gasteiger partial charge in [0, 0.05) is 32.5 Å². The van der Waals surface area contributed by atoms with Crippen molar-refractivity contribution >= 4 is 5.97 Å². The van der Waals surface area contributed by atoms with Gasteiger partial charge in [0.1, 0.15) is 6.79 Å². The number of nitrogens with zero attached hydrogens (tertiary/aromatic N) is 1. The first-order chi connectivity index (χ1) is 9.63. The molecule has 0 radical (unpaired) electrons. The molecule has 2 rings (SSSR count). The SMILES string of the molecule is COCO[C@@H]1CCN2O[C@H](C)[C@@H]1[C@@H]2CCCOC(C)=O. The highest BCUT2D eigenvalue weighted by molar-refractivity contribution is 5.65. The molecule has 2 aliphatic heterocycles. The topological polar surface area (TPSA) is 57.2 Å². The number of ether oxygens (including phenoxy) is 3. The molecule has 0 saturated carbocycles. The monoisotopic (exact) mass is 287 g/mol. The van der Waals surface area contributed by atoms with Crippen LogP contribution in [0.3, 0.4) is 0 Å². The Bertz CT molecular complexity index is 325. The molecule has 0 spiro atoms. The van der Waals surface area contributed by atoms with E-state index in [2.05, 4.69) is 12.0 Å². The first-order valence-corrected chi connectivity index (χ1v) is 7.30. The number of carbonyl (C=O) groups excluding carboxylic acids is 1. The first kappa shape index (κ1) is 15.7. The number of piperidine rings is 1.